The smallest absolute Gasteiger partial charge is 0.237 e. The van der Waals surface area contributed by atoms with E-state index in [1.807, 2.05) is 31.2 Å². The zero-order valence-corrected chi connectivity index (χ0v) is 12.7. The van der Waals surface area contributed by atoms with Crippen molar-refractivity contribution in [1.82, 2.24) is 10.2 Å². The maximum Gasteiger partial charge on any atom is 0.237 e. The SMILES string of the molecule is CCC(N)C(c1ccc(Cl)cc1)N1CCNC(=O)C1C. The molecule has 20 heavy (non-hydrogen) atoms. The molecule has 0 aliphatic carbocycles. The Bertz CT molecular complexity index is 463. The van der Waals surface area contributed by atoms with Crippen LogP contribution in [0.2, 0.25) is 5.02 Å². The second-order valence-electron chi connectivity index (χ2n) is 5.27. The van der Waals surface area contributed by atoms with Crippen molar-refractivity contribution in [2.24, 2.45) is 5.73 Å². The highest BCUT2D eigenvalue weighted by Gasteiger charge is 2.34. The molecule has 0 spiro atoms. The van der Waals surface area contributed by atoms with Crippen LogP contribution < -0.4 is 11.1 Å². The molecule has 4 nitrogen and oxygen atoms in total. The summed E-state index contributed by atoms with van der Waals surface area (Å²) >= 11 is 5.96. The van der Waals surface area contributed by atoms with Crippen LogP contribution in [0, 0.1) is 0 Å². The molecule has 0 radical (unpaired) electrons. The topological polar surface area (TPSA) is 58.4 Å². The van der Waals surface area contributed by atoms with Gasteiger partial charge in [-0.25, -0.2) is 0 Å². The average Bonchev–Trinajstić information content (AvgIpc) is 2.45. The van der Waals surface area contributed by atoms with Gasteiger partial charge in [0.05, 0.1) is 12.1 Å². The van der Waals surface area contributed by atoms with Crippen LogP contribution in [0.4, 0.5) is 0 Å². The van der Waals surface area contributed by atoms with Crippen LogP contribution in [-0.2, 0) is 4.79 Å². The zero-order valence-electron chi connectivity index (χ0n) is 12.0. The monoisotopic (exact) mass is 295 g/mol. The van der Waals surface area contributed by atoms with Gasteiger partial charge in [-0.3, -0.25) is 9.69 Å². The van der Waals surface area contributed by atoms with Crippen molar-refractivity contribution in [2.45, 2.75) is 38.4 Å². The van der Waals surface area contributed by atoms with Crippen LogP contribution in [0.1, 0.15) is 31.9 Å². The summed E-state index contributed by atoms with van der Waals surface area (Å²) in [5.41, 5.74) is 7.44. The van der Waals surface area contributed by atoms with Crippen molar-refractivity contribution >= 4 is 17.5 Å². The minimum Gasteiger partial charge on any atom is -0.353 e. The molecule has 0 aromatic heterocycles. The fourth-order valence-corrected chi connectivity index (χ4v) is 2.87. The number of amides is 1. The van der Waals surface area contributed by atoms with Gasteiger partial charge >= 0.3 is 0 Å². The molecule has 3 unspecified atom stereocenters. The number of piperazine rings is 1. The summed E-state index contributed by atoms with van der Waals surface area (Å²) in [4.78, 5) is 14.1. The number of halogens is 1. The third-order valence-electron chi connectivity index (χ3n) is 3.99. The van der Waals surface area contributed by atoms with Gasteiger partial charge in [-0.05, 0) is 31.0 Å². The van der Waals surface area contributed by atoms with Gasteiger partial charge in [0.2, 0.25) is 5.91 Å². The zero-order chi connectivity index (χ0) is 14.7. The van der Waals surface area contributed by atoms with Gasteiger partial charge in [0.25, 0.3) is 0 Å². The number of benzene rings is 1. The maximum absolute atomic E-state index is 11.9. The van der Waals surface area contributed by atoms with Crippen LogP contribution in [0.5, 0.6) is 0 Å². The lowest BCUT2D eigenvalue weighted by molar-refractivity contribution is -0.129. The van der Waals surface area contributed by atoms with Crippen molar-refractivity contribution in [3.05, 3.63) is 34.9 Å². The lowest BCUT2D eigenvalue weighted by Gasteiger charge is -2.41. The largest absolute Gasteiger partial charge is 0.353 e. The third-order valence-corrected chi connectivity index (χ3v) is 4.24. The standard InChI is InChI=1S/C15H22ClN3O/c1-3-13(17)14(11-4-6-12(16)7-5-11)19-9-8-18-15(20)10(19)2/h4-7,10,13-14H,3,8-9,17H2,1-2H3,(H,18,20). The van der Waals surface area contributed by atoms with Gasteiger partial charge in [0.1, 0.15) is 0 Å². The van der Waals surface area contributed by atoms with Gasteiger partial charge < -0.3 is 11.1 Å². The number of hydrogen-bond donors (Lipinski definition) is 2. The molecule has 1 heterocycles. The molecule has 1 aliphatic heterocycles. The van der Waals surface area contributed by atoms with Crippen LogP contribution in [-0.4, -0.2) is 36.0 Å². The van der Waals surface area contributed by atoms with E-state index in [1.165, 1.54) is 0 Å². The fourth-order valence-electron chi connectivity index (χ4n) is 2.75. The number of hydrogen-bond acceptors (Lipinski definition) is 3. The molecule has 3 N–H and O–H groups in total. The van der Waals surface area contributed by atoms with Crippen LogP contribution >= 0.6 is 11.6 Å². The highest BCUT2D eigenvalue weighted by Crippen LogP contribution is 2.28. The first-order chi connectivity index (χ1) is 9.54. The van der Waals surface area contributed by atoms with Crippen molar-refractivity contribution in [2.75, 3.05) is 13.1 Å². The van der Waals surface area contributed by atoms with Gasteiger partial charge in [-0.15, -0.1) is 0 Å². The highest BCUT2D eigenvalue weighted by atomic mass is 35.5. The molecular formula is C15H22ClN3O. The molecule has 110 valence electrons. The molecule has 0 saturated carbocycles. The fraction of sp³-hybridized carbons (Fsp3) is 0.533. The number of rotatable bonds is 4. The average molecular weight is 296 g/mol. The Morgan fingerprint density at radius 3 is 2.70 bits per heavy atom. The van der Waals surface area contributed by atoms with Crippen molar-refractivity contribution in [3.63, 3.8) is 0 Å². The van der Waals surface area contributed by atoms with Crippen molar-refractivity contribution in [3.8, 4) is 0 Å². The van der Waals surface area contributed by atoms with Crippen LogP contribution in [0.25, 0.3) is 0 Å². The third kappa shape index (κ3) is 3.14. The second kappa shape index (κ2) is 6.57. The molecule has 1 saturated heterocycles. The van der Waals surface area contributed by atoms with Gasteiger partial charge in [-0.2, -0.15) is 0 Å². The lowest BCUT2D eigenvalue weighted by Crippen LogP contribution is -2.57. The first kappa shape index (κ1) is 15.3. The van der Waals surface area contributed by atoms with E-state index < -0.39 is 0 Å². The predicted octanol–water partition coefficient (Wildman–Crippen LogP) is 1.94. The summed E-state index contributed by atoms with van der Waals surface area (Å²) in [5, 5.41) is 3.60. The van der Waals surface area contributed by atoms with E-state index in [1.54, 1.807) is 0 Å². The van der Waals surface area contributed by atoms with E-state index in [0.717, 1.165) is 18.5 Å². The Morgan fingerprint density at radius 2 is 2.10 bits per heavy atom. The molecule has 1 aliphatic rings. The van der Waals surface area contributed by atoms with E-state index in [2.05, 4.69) is 17.1 Å². The Balaban J connectivity index is 2.32. The molecule has 1 aromatic rings. The first-order valence-electron chi connectivity index (χ1n) is 7.09. The summed E-state index contributed by atoms with van der Waals surface area (Å²) in [5.74, 6) is 0.0681. The minimum atomic E-state index is -0.165. The molecule has 1 fully saturated rings. The second-order valence-corrected chi connectivity index (χ2v) is 5.71. The summed E-state index contributed by atoms with van der Waals surface area (Å²) in [6.45, 7) is 5.49. The van der Waals surface area contributed by atoms with Crippen LogP contribution in [0.3, 0.4) is 0 Å². The number of nitrogens with two attached hydrogens (primary N) is 1. The Hall–Kier alpha value is -1.10. The number of carbonyl (C=O) groups is 1. The number of carbonyl (C=O) groups excluding carboxylic acids is 1. The summed E-state index contributed by atoms with van der Waals surface area (Å²) < 4.78 is 0. The van der Waals surface area contributed by atoms with E-state index in [-0.39, 0.29) is 24.0 Å². The van der Waals surface area contributed by atoms with E-state index >= 15 is 0 Å². The van der Waals surface area contributed by atoms with Crippen molar-refractivity contribution in [1.29, 1.82) is 0 Å². The molecule has 1 aromatic carbocycles. The quantitative estimate of drug-likeness (QED) is 0.892. The predicted molar refractivity (Wildman–Crippen MR) is 81.6 cm³/mol. The Morgan fingerprint density at radius 1 is 1.45 bits per heavy atom. The Labute approximate surface area is 125 Å². The minimum absolute atomic E-state index is 0.00970. The highest BCUT2D eigenvalue weighted by molar-refractivity contribution is 6.30. The van der Waals surface area contributed by atoms with Gasteiger partial charge in [0.15, 0.2) is 0 Å². The summed E-state index contributed by atoms with van der Waals surface area (Å²) in [7, 11) is 0. The van der Waals surface area contributed by atoms with E-state index in [0.29, 0.717) is 11.6 Å². The van der Waals surface area contributed by atoms with Gasteiger partial charge in [0, 0.05) is 24.2 Å². The molecule has 0 bridgehead atoms. The maximum atomic E-state index is 11.9. The van der Waals surface area contributed by atoms with E-state index in [9.17, 15) is 4.79 Å². The normalized spacial score (nSPS) is 23.2. The molecule has 5 heteroatoms. The molecular weight excluding hydrogens is 274 g/mol. The lowest BCUT2D eigenvalue weighted by atomic mass is 9.94. The van der Waals surface area contributed by atoms with E-state index in [4.69, 9.17) is 17.3 Å². The summed E-state index contributed by atoms with van der Waals surface area (Å²) in [6, 6.07) is 7.62. The van der Waals surface area contributed by atoms with Crippen molar-refractivity contribution < 1.29 is 4.79 Å². The molecule has 1 amide bonds. The summed E-state index contributed by atoms with van der Waals surface area (Å²) in [6.07, 6.45) is 0.859. The first-order valence-corrected chi connectivity index (χ1v) is 7.47. The molecule has 3 atom stereocenters. The van der Waals surface area contributed by atoms with Crippen LogP contribution in [0.15, 0.2) is 24.3 Å². The van der Waals surface area contributed by atoms with Gasteiger partial charge in [-0.1, -0.05) is 30.7 Å². The Kier molecular flexibility index (Phi) is 5.02. The molecule has 2 rings (SSSR count). The number of nitrogens with one attached hydrogen (secondary N) is 1. The number of nitrogens with zero attached hydrogens (tertiary/aromatic N) is 1.